The van der Waals surface area contributed by atoms with Gasteiger partial charge in [0.2, 0.25) is 53.2 Å². The lowest BCUT2D eigenvalue weighted by Gasteiger charge is -2.25. The lowest BCUT2D eigenvalue weighted by molar-refractivity contribution is -0.142. The molecular formula is C49H71N11O16. The topological polar surface area (TPSA) is 460 Å². The maximum Gasteiger partial charge on any atom is 0.326 e. The number of phenolic OH excluding ortho intramolecular Hbond substituents is 1. The van der Waals surface area contributed by atoms with E-state index in [2.05, 4.69) is 42.5 Å². The number of primary amides is 1. The molecule has 2 rings (SSSR count). The standard InChI is InChI=1S/C49H71N11O16/c1-27(2)22-35(59-46(72)32(10-6-7-21-50)57-43(69)31(51)15-19-41(65)66)44(70)53-25-39(63)55-33(17-20-42(67)68)47(73)60-36(24-29-11-13-30(61)14-12-29)45(71)54-26-40(64)56-37(23-28-8-4-3-5-9-28)48(74)58-34(49(75)76)16-18-38(52)62/h3-5,8-9,11-14,27,31-37,61H,6-7,10,15-26,50-51H2,1-2H3,(H2,52,62)(H,53,70)(H,54,71)(H,55,63)(H,56,64)(H,57,69)(H,58,74)(H,59,72)(H,60,73)(H,65,66)(H,67,68)(H,75,76)/t31-,32-,33-,34-,35-,36-,37-/m0/s1. The molecule has 7 atom stereocenters. The number of carbonyl (C=O) groups excluding carboxylic acids is 9. The summed E-state index contributed by atoms with van der Waals surface area (Å²) in [5.74, 6) is -12.5. The molecule has 18 N–H and O–H groups in total. The fourth-order valence-electron chi connectivity index (χ4n) is 7.26. The van der Waals surface area contributed by atoms with Crippen LogP contribution in [-0.2, 0) is 70.4 Å². The summed E-state index contributed by atoms with van der Waals surface area (Å²) in [7, 11) is 0. The van der Waals surface area contributed by atoms with Crippen LogP contribution in [0.1, 0.15) is 89.2 Å². The number of amides is 9. The number of hydrogen-bond acceptors (Lipinski definition) is 15. The molecule has 2 aromatic carbocycles. The van der Waals surface area contributed by atoms with Gasteiger partial charge >= 0.3 is 17.9 Å². The van der Waals surface area contributed by atoms with Crippen molar-refractivity contribution in [3.05, 3.63) is 65.7 Å². The van der Waals surface area contributed by atoms with Crippen LogP contribution in [0, 0.1) is 5.92 Å². The number of unbranched alkanes of at least 4 members (excludes halogenated alkanes) is 1. The zero-order chi connectivity index (χ0) is 56.9. The van der Waals surface area contributed by atoms with Crippen molar-refractivity contribution in [2.75, 3.05) is 19.6 Å². The van der Waals surface area contributed by atoms with E-state index in [9.17, 15) is 72.9 Å². The summed E-state index contributed by atoms with van der Waals surface area (Å²) in [4.78, 5) is 154. The van der Waals surface area contributed by atoms with Crippen molar-refractivity contribution in [2.24, 2.45) is 23.1 Å². The number of carboxylic acid groups (broad SMARTS) is 3. The predicted molar refractivity (Wildman–Crippen MR) is 270 cm³/mol. The fraction of sp³-hybridized carbons (Fsp3) is 0.510. The van der Waals surface area contributed by atoms with Crippen molar-refractivity contribution in [1.82, 2.24) is 42.5 Å². The number of nitrogens with two attached hydrogens (primary N) is 3. The molecule has 0 aliphatic carbocycles. The number of carbonyl (C=O) groups is 12. The van der Waals surface area contributed by atoms with Crippen LogP contribution >= 0.6 is 0 Å². The van der Waals surface area contributed by atoms with Crippen LogP contribution in [0.25, 0.3) is 0 Å². The summed E-state index contributed by atoms with van der Waals surface area (Å²) in [5, 5.41) is 57.3. The van der Waals surface area contributed by atoms with E-state index in [4.69, 9.17) is 22.3 Å². The van der Waals surface area contributed by atoms with E-state index in [1.54, 1.807) is 44.2 Å². The van der Waals surface area contributed by atoms with E-state index >= 15 is 0 Å². The van der Waals surface area contributed by atoms with Crippen LogP contribution in [0.4, 0.5) is 0 Å². The van der Waals surface area contributed by atoms with Crippen LogP contribution < -0.4 is 59.7 Å². The zero-order valence-corrected chi connectivity index (χ0v) is 42.3. The summed E-state index contributed by atoms with van der Waals surface area (Å²) in [5.41, 5.74) is 17.5. The first-order valence-corrected chi connectivity index (χ1v) is 24.5. The van der Waals surface area contributed by atoms with Crippen molar-refractivity contribution in [1.29, 1.82) is 0 Å². The van der Waals surface area contributed by atoms with Gasteiger partial charge in [-0.2, -0.15) is 0 Å². The highest BCUT2D eigenvalue weighted by molar-refractivity contribution is 5.97. The molecule has 27 heteroatoms. The number of aliphatic carboxylic acids is 3. The minimum absolute atomic E-state index is 0.0487. The zero-order valence-electron chi connectivity index (χ0n) is 42.3. The van der Waals surface area contributed by atoms with Gasteiger partial charge in [0.05, 0.1) is 19.1 Å². The highest BCUT2D eigenvalue weighted by atomic mass is 16.4. The number of nitrogens with one attached hydrogen (secondary N) is 8. The normalized spacial score (nSPS) is 13.6. The van der Waals surface area contributed by atoms with Crippen molar-refractivity contribution in [3.8, 4) is 5.75 Å². The van der Waals surface area contributed by atoms with Gasteiger partial charge in [-0.3, -0.25) is 52.7 Å². The van der Waals surface area contributed by atoms with Crippen LogP contribution in [0.3, 0.4) is 0 Å². The Labute approximate surface area is 438 Å². The second-order valence-electron chi connectivity index (χ2n) is 18.2. The Kier molecular flexibility index (Phi) is 28.2. The predicted octanol–water partition coefficient (Wildman–Crippen LogP) is -3.10. The molecule has 0 unspecified atom stereocenters. The molecule has 76 heavy (non-hydrogen) atoms. The quantitative estimate of drug-likeness (QED) is 0.0301. The highest BCUT2D eigenvalue weighted by Crippen LogP contribution is 2.13. The van der Waals surface area contributed by atoms with Crippen LogP contribution in [0.5, 0.6) is 5.75 Å². The third kappa shape index (κ3) is 25.6. The smallest absolute Gasteiger partial charge is 0.326 e. The molecule has 418 valence electrons. The van der Waals surface area contributed by atoms with Gasteiger partial charge in [0.15, 0.2) is 0 Å². The van der Waals surface area contributed by atoms with Crippen LogP contribution in [0.2, 0.25) is 0 Å². The van der Waals surface area contributed by atoms with Gasteiger partial charge in [-0.25, -0.2) is 4.79 Å². The third-order valence-electron chi connectivity index (χ3n) is 11.3. The minimum Gasteiger partial charge on any atom is -0.508 e. The summed E-state index contributed by atoms with van der Waals surface area (Å²) < 4.78 is 0. The van der Waals surface area contributed by atoms with E-state index < -0.39 is 146 Å². The number of benzene rings is 2. The highest BCUT2D eigenvalue weighted by Gasteiger charge is 2.32. The van der Waals surface area contributed by atoms with Gasteiger partial charge in [0.25, 0.3) is 0 Å². The molecule has 0 aliphatic rings. The number of rotatable bonds is 36. The van der Waals surface area contributed by atoms with Gasteiger partial charge in [-0.05, 0) is 80.7 Å². The maximum atomic E-state index is 13.9. The van der Waals surface area contributed by atoms with E-state index in [0.717, 1.165) is 0 Å². The van der Waals surface area contributed by atoms with E-state index in [0.29, 0.717) is 24.0 Å². The number of phenols is 1. The van der Waals surface area contributed by atoms with Gasteiger partial charge in [-0.1, -0.05) is 56.3 Å². The third-order valence-corrected chi connectivity index (χ3v) is 11.3. The number of aromatic hydroxyl groups is 1. The molecule has 0 spiro atoms. The van der Waals surface area contributed by atoms with Crippen molar-refractivity contribution >= 4 is 71.1 Å². The molecule has 9 amide bonds. The monoisotopic (exact) mass is 1070 g/mol. The van der Waals surface area contributed by atoms with Crippen molar-refractivity contribution < 1.29 is 78.0 Å². The average molecular weight is 1070 g/mol. The SMILES string of the molecule is CC(C)C[C@H](NC(=O)[C@H](CCCCN)NC(=O)[C@@H](N)CCC(=O)O)C(=O)NCC(=O)N[C@@H](CCC(=O)O)C(=O)N[C@@H](Cc1ccc(O)cc1)C(=O)NCC(=O)N[C@@H](Cc1ccccc1)C(=O)N[C@@H](CCC(N)=O)C(=O)O. The second kappa shape index (κ2) is 33.6. The average Bonchev–Trinajstić information content (AvgIpc) is 3.35. The van der Waals surface area contributed by atoms with E-state index in [1.165, 1.54) is 24.3 Å². The Morgan fingerprint density at radius 1 is 0.500 bits per heavy atom. The first kappa shape index (κ1) is 63.9. The molecule has 0 bridgehead atoms. The van der Waals surface area contributed by atoms with Gasteiger partial charge in [0, 0.05) is 32.1 Å². The molecule has 0 radical (unpaired) electrons. The lowest BCUT2D eigenvalue weighted by atomic mass is 10.0. The Balaban J connectivity index is 2.28. The molecular weight excluding hydrogens is 999 g/mol. The Bertz CT molecular complexity index is 2320. The molecule has 0 saturated carbocycles. The minimum atomic E-state index is -1.64. The molecule has 0 heterocycles. The molecule has 27 nitrogen and oxygen atoms in total. The van der Waals surface area contributed by atoms with Crippen molar-refractivity contribution in [3.63, 3.8) is 0 Å². The largest absolute Gasteiger partial charge is 0.508 e. The summed E-state index contributed by atoms with van der Waals surface area (Å²) in [6.45, 7) is 2.18. The maximum absolute atomic E-state index is 13.9. The lowest BCUT2D eigenvalue weighted by Crippen LogP contribution is -2.58. The van der Waals surface area contributed by atoms with Crippen LogP contribution in [-0.4, -0.2) is 153 Å². The summed E-state index contributed by atoms with van der Waals surface area (Å²) in [6.07, 6.45) is -1.92. The van der Waals surface area contributed by atoms with E-state index in [1.807, 2.05) is 0 Å². The number of hydrogen-bond donors (Lipinski definition) is 15. The summed E-state index contributed by atoms with van der Waals surface area (Å²) >= 11 is 0. The van der Waals surface area contributed by atoms with Crippen molar-refractivity contribution in [2.45, 2.75) is 133 Å². The molecule has 2 aromatic rings. The van der Waals surface area contributed by atoms with E-state index in [-0.39, 0.29) is 63.2 Å². The van der Waals surface area contributed by atoms with Crippen LogP contribution in [0.15, 0.2) is 54.6 Å². The molecule has 0 aliphatic heterocycles. The van der Waals surface area contributed by atoms with Gasteiger partial charge in [-0.15, -0.1) is 0 Å². The fourth-order valence-corrected chi connectivity index (χ4v) is 7.26. The Hall–Kier alpha value is -8.20. The Morgan fingerprint density at radius 3 is 1.47 bits per heavy atom. The van der Waals surface area contributed by atoms with Gasteiger partial charge < -0.3 is 80.2 Å². The first-order chi connectivity index (χ1) is 35.9. The Morgan fingerprint density at radius 2 is 0.947 bits per heavy atom. The van der Waals surface area contributed by atoms with Gasteiger partial charge in [0.1, 0.15) is 42.0 Å². The molecule has 0 aromatic heterocycles. The molecule has 0 saturated heterocycles. The number of carboxylic acids is 3. The second-order valence-corrected chi connectivity index (χ2v) is 18.2. The first-order valence-electron chi connectivity index (χ1n) is 24.5. The molecule has 0 fully saturated rings. The summed E-state index contributed by atoms with van der Waals surface area (Å²) in [6, 6.07) is 3.90.